The van der Waals surface area contributed by atoms with Gasteiger partial charge in [-0.1, -0.05) is 6.92 Å². The minimum absolute atomic E-state index is 0.350. The molecule has 0 aliphatic rings. The minimum atomic E-state index is -0.350. The highest BCUT2D eigenvalue weighted by Gasteiger charge is 2.09. The van der Waals surface area contributed by atoms with E-state index in [1.807, 2.05) is 0 Å². The van der Waals surface area contributed by atoms with Crippen molar-refractivity contribution in [1.29, 1.82) is 0 Å². The fourth-order valence-electron chi connectivity index (χ4n) is 1.80. The molecular weight excluding hydrogens is 288 g/mol. The first-order chi connectivity index (χ1) is 10.1. The Morgan fingerprint density at radius 1 is 1.24 bits per heavy atom. The molecule has 0 aromatic heterocycles. The fourth-order valence-corrected chi connectivity index (χ4v) is 2.10. The third-order valence-corrected chi connectivity index (χ3v) is 3.26. The standard InChI is InChI=1S/C15H22N2O3S/c1-4-9-17(10-11-19-2)15(21)16-13-7-5-12(6-8-13)14(18)20-3/h5-8H,4,9-11H2,1-3H3,(H,16,21). The van der Waals surface area contributed by atoms with Crippen molar-refractivity contribution in [1.82, 2.24) is 4.90 Å². The Balaban J connectivity index is 2.65. The van der Waals surface area contributed by atoms with E-state index in [0.29, 0.717) is 17.3 Å². The number of methoxy groups -OCH3 is 2. The predicted molar refractivity (Wildman–Crippen MR) is 87.7 cm³/mol. The zero-order chi connectivity index (χ0) is 15.7. The molecule has 1 rings (SSSR count). The number of hydrogen-bond donors (Lipinski definition) is 1. The average Bonchev–Trinajstić information content (AvgIpc) is 2.51. The quantitative estimate of drug-likeness (QED) is 0.617. The van der Waals surface area contributed by atoms with Gasteiger partial charge in [0, 0.05) is 25.9 Å². The lowest BCUT2D eigenvalue weighted by molar-refractivity contribution is 0.0601. The zero-order valence-electron chi connectivity index (χ0n) is 12.7. The van der Waals surface area contributed by atoms with Crippen molar-refractivity contribution in [3.05, 3.63) is 29.8 Å². The van der Waals surface area contributed by atoms with Crippen LogP contribution in [0.4, 0.5) is 5.69 Å². The topological polar surface area (TPSA) is 50.8 Å². The molecule has 0 aliphatic heterocycles. The molecule has 0 radical (unpaired) electrons. The Kier molecular flexibility index (Phi) is 7.71. The molecule has 0 unspecified atom stereocenters. The second-order valence-corrected chi connectivity index (χ2v) is 4.87. The van der Waals surface area contributed by atoms with Crippen LogP contribution in [0, 0.1) is 0 Å². The van der Waals surface area contributed by atoms with Crippen molar-refractivity contribution in [3.63, 3.8) is 0 Å². The van der Waals surface area contributed by atoms with E-state index >= 15 is 0 Å². The van der Waals surface area contributed by atoms with Crippen LogP contribution in [0.3, 0.4) is 0 Å². The maximum absolute atomic E-state index is 11.4. The van der Waals surface area contributed by atoms with E-state index in [-0.39, 0.29) is 5.97 Å². The molecule has 1 aromatic carbocycles. The van der Waals surface area contributed by atoms with Gasteiger partial charge in [0.25, 0.3) is 0 Å². The molecule has 0 spiro atoms. The van der Waals surface area contributed by atoms with Crippen LogP contribution in [0.25, 0.3) is 0 Å². The molecule has 0 bridgehead atoms. The van der Waals surface area contributed by atoms with Gasteiger partial charge >= 0.3 is 5.97 Å². The first kappa shape index (κ1) is 17.4. The van der Waals surface area contributed by atoms with Gasteiger partial charge in [0.2, 0.25) is 0 Å². The summed E-state index contributed by atoms with van der Waals surface area (Å²) in [5.41, 5.74) is 1.35. The molecule has 1 N–H and O–H groups in total. The van der Waals surface area contributed by atoms with Crippen molar-refractivity contribution >= 4 is 29.0 Å². The SMILES string of the molecule is CCCN(CCOC)C(=S)Nc1ccc(C(=O)OC)cc1. The van der Waals surface area contributed by atoms with Crippen LogP contribution in [0.2, 0.25) is 0 Å². The summed E-state index contributed by atoms with van der Waals surface area (Å²) in [6, 6.07) is 7.02. The summed E-state index contributed by atoms with van der Waals surface area (Å²) < 4.78 is 9.76. The molecule has 116 valence electrons. The number of rotatable bonds is 7. The van der Waals surface area contributed by atoms with E-state index in [1.165, 1.54) is 7.11 Å². The summed E-state index contributed by atoms with van der Waals surface area (Å²) in [7, 11) is 3.04. The van der Waals surface area contributed by atoms with Gasteiger partial charge in [-0.2, -0.15) is 0 Å². The van der Waals surface area contributed by atoms with Gasteiger partial charge in [-0.25, -0.2) is 4.79 Å². The van der Waals surface area contributed by atoms with Crippen LogP contribution in [0.15, 0.2) is 24.3 Å². The molecule has 0 atom stereocenters. The maximum Gasteiger partial charge on any atom is 0.337 e. The van der Waals surface area contributed by atoms with E-state index in [4.69, 9.17) is 17.0 Å². The summed E-state index contributed by atoms with van der Waals surface area (Å²) in [6.07, 6.45) is 1.01. The van der Waals surface area contributed by atoms with Crippen molar-refractivity contribution in [2.45, 2.75) is 13.3 Å². The molecule has 0 saturated carbocycles. The predicted octanol–water partition coefficient (Wildman–Crippen LogP) is 2.53. The van der Waals surface area contributed by atoms with E-state index in [9.17, 15) is 4.79 Å². The van der Waals surface area contributed by atoms with Gasteiger partial charge in [-0.05, 0) is 42.9 Å². The molecule has 0 fully saturated rings. The number of ether oxygens (including phenoxy) is 2. The van der Waals surface area contributed by atoms with Crippen molar-refractivity contribution < 1.29 is 14.3 Å². The first-order valence-electron chi connectivity index (χ1n) is 6.85. The van der Waals surface area contributed by atoms with Gasteiger partial charge in [0.05, 0.1) is 19.3 Å². The summed E-state index contributed by atoms with van der Waals surface area (Å²) in [5, 5.41) is 3.82. The molecule has 1 aromatic rings. The first-order valence-corrected chi connectivity index (χ1v) is 7.26. The molecule has 0 amide bonds. The van der Waals surface area contributed by atoms with Crippen molar-refractivity contribution in [3.8, 4) is 0 Å². The number of carbonyl (C=O) groups excluding carboxylic acids is 1. The van der Waals surface area contributed by atoms with Gasteiger partial charge in [0.15, 0.2) is 5.11 Å². The molecule has 21 heavy (non-hydrogen) atoms. The number of nitrogens with one attached hydrogen (secondary N) is 1. The smallest absolute Gasteiger partial charge is 0.337 e. The van der Waals surface area contributed by atoms with E-state index in [1.54, 1.807) is 31.4 Å². The number of carbonyl (C=O) groups is 1. The summed E-state index contributed by atoms with van der Waals surface area (Å²) in [5.74, 6) is -0.350. The van der Waals surface area contributed by atoms with Crippen LogP contribution in [0.5, 0.6) is 0 Å². The summed E-state index contributed by atoms with van der Waals surface area (Å²) in [6.45, 7) is 4.35. The summed E-state index contributed by atoms with van der Waals surface area (Å²) in [4.78, 5) is 13.4. The minimum Gasteiger partial charge on any atom is -0.465 e. The Labute approximate surface area is 131 Å². The van der Waals surface area contributed by atoms with Crippen molar-refractivity contribution in [2.75, 3.05) is 39.2 Å². The van der Waals surface area contributed by atoms with E-state index in [2.05, 4.69) is 21.9 Å². The number of anilines is 1. The number of benzene rings is 1. The van der Waals surface area contributed by atoms with Gasteiger partial charge in [-0.3, -0.25) is 0 Å². The number of thiocarbonyl (C=S) groups is 1. The molecular formula is C15H22N2O3S. The highest BCUT2D eigenvalue weighted by atomic mass is 32.1. The molecule has 0 saturated heterocycles. The van der Waals surface area contributed by atoms with E-state index in [0.717, 1.165) is 25.2 Å². The second kappa shape index (κ2) is 9.31. The molecule has 5 nitrogen and oxygen atoms in total. The number of nitrogens with zero attached hydrogens (tertiary/aromatic N) is 1. The largest absolute Gasteiger partial charge is 0.465 e. The van der Waals surface area contributed by atoms with Gasteiger partial charge in [-0.15, -0.1) is 0 Å². The third-order valence-electron chi connectivity index (χ3n) is 2.90. The van der Waals surface area contributed by atoms with Crippen LogP contribution < -0.4 is 5.32 Å². The Morgan fingerprint density at radius 3 is 2.43 bits per heavy atom. The number of esters is 1. The second-order valence-electron chi connectivity index (χ2n) is 4.48. The molecule has 0 aliphatic carbocycles. The third kappa shape index (κ3) is 5.69. The Morgan fingerprint density at radius 2 is 1.90 bits per heavy atom. The van der Waals surface area contributed by atoms with Gasteiger partial charge in [0.1, 0.15) is 0 Å². The monoisotopic (exact) mass is 310 g/mol. The normalized spacial score (nSPS) is 10.0. The highest BCUT2D eigenvalue weighted by molar-refractivity contribution is 7.80. The average molecular weight is 310 g/mol. The zero-order valence-corrected chi connectivity index (χ0v) is 13.5. The lowest BCUT2D eigenvalue weighted by atomic mass is 10.2. The van der Waals surface area contributed by atoms with Crippen molar-refractivity contribution in [2.24, 2.45) is 0 Å². The Bertz CT molecular complexity index is 462. The van der Waals surface area contributed by atoms with Crippen LogP contribution in [-0.2, 0) is 9.47 Å². The maximum atomic E-state index is 11.4. The summed E-state index contributed by atoms with van der Waals surface area (Å²) >= 11 is 5.41. The Hall–Kier alpha value is -1.66. The van der Waals surface area contributed by atoms with E-state index < -0.39 is 0 Å². The lowest BCUT2D eigenvalue weighted by Gasteiger charge is -2.25. The highest BCUT2D eigenvalue weighted by Crippen LogP contribution is 2.11. The lowest BCUT2D eigenvalue weighted by Crippen LogP contribution is -2.37. The molecule has 6 heteroatoms. The van der Waals surface area contributed by atoms with Gasteiger partial charge < -0.3 is 19.7 Å². The van der Waals surface area contributed by atoms with Crippen LogP contribution in [0.1, 0.15) is 23.7 Å². The molecule has 0 heterocycles. The fraction of sp³-hybridized carbons (Fsp3) is 0.467. The van der Waals surface area contributed by atoms with Crippen LogP contribution >= 0.6 is 12.2 Å². The number of hydrogen-bond acceptors (Lipinski definition) is 4. The van der Waals surface area contributed by atoms with Crippen LogP contribution in [-0.4, -0.2) is 49.9 Å².